The van der Waals surface area contributed by atoms with Gasteiger partial charge in [-0.05, 0) is 42.5 Å². The Bertz CT molecular complexity index is 1270. The molecule has 0 saturated carbocycles. The molecule has 0 aliphatic heterocycles. The maximum Gasteiger partial charge on any atom is 0.190 e. The van der Waals surface area contributed by atoms with Crippen LogP contribution >= 0.6 is 11.6 Å². The van der Waals surface area contributed by atoms with Crippen molar-refractivity contribution in [2.45, 2.75) is 4.90 Å². The number of halogens is 1. The van der Waals surface area contributed by atoms with Gasteiger partial charge in [-0.25, -0.2) is 4.21 Å². The van der Waals surface area contributed by atoms with Crippen molar-refractivity contribution in [2.24, 2.45) is 0 Å². The van der Waals surface area contributed by atoms with Gasteiger partial charge in [-0.1, -0.05) is 35.9 Å². The van der Waals surface area contributed by atoms with Crippen LogP contribution in [0.15, 0.2) is 71.6 Å². The van der Waals surface area contributed by atoms with Crippen molar-refractivity contribution in [1.82, 2.24) is 0 Å². The van der Waals surface area contributed by atoms with E-state index >= 15 is 0 Å². The maximum atomic E-state index is 12.6. The van der Waals surface area contributed by atoms with Crippen molar-refractivity contribution in [3.05, 3.63) is 82.9 Å². The van der Waals surface area contributed by atoms with E-state index in [4.69, 9.17) is 11.6 Å². The van der Waals surface area contributed by atoms with E-state index in [1.165, 1.54) is 0 Å². The normalized spacial score (nSPS) is 13.6. The molecule has 1 unspecified atom stereocenters. The molecule has 0 aromatic heterocycles. The van der Waals surface area contributed by atoms with E-state index in [-0.39, 0.29) is 21.8 Å². The first kappa shape index (κ1) is 20.6. The van der Waals surface area contributed by atoms with Crippen LogP contribution < -0.4 is 10.0 Å². The van der Waals surface area contributed by atoms with Crippen molar-refractivity contribution in [3.8, 4) is 11.5 Å². The van der Waals surface area contributed by atoms with Crippen LogP contribution in [0.25, 0.3) is 0 Å². The van der Waals surface area contributed by atoms with E-state index < -0.39 is 34.1 Å². The third-order valence-electron chi connectivity index (χ3n) is 4.57. The molecule has 4 N–H and O–H groups in total. The van der Waals surface area contributed by atoms with Gasteiger partial charge in [-0.3, -0.25) is 9.59 Å². The standard InChI is InChI=1S/C22H15ClN2O5S/c23-19-20(22(29)18-16(27)10-9-15(26)17(18)21(19)28)24-13-7-4-8-14(11-13)31(30)25-12-5-2-1-3-6-12/h1-11,24-25,28-29H. The Hall–Kier alpha value is -3.62. The number of hydrogen-bond acceptors (Lipinski definition) is 6. The number of fused-ring (bicyclic) bond motifs is 1. The summed E-state index contributed by atoms with van der Waals surface area (Å²) in [4.78, 5) is 24.7. The zero-order valence-electron chi connectivity index (χ0n) is 15.8. The molecular formula is C22H15ClN2O5S. The molecule has 0 heterocycles. The van der Waals surface area contributed by atoms with Crippen LogP contribution in [0.5, 0.6) is 11.5 Å². The quantitative estimate of drug-likeness (QED) is 0.331. The fourth-order valence-corrected chi connectivity index (χ4v) is 4.25. The predicted molar refractivity (Wildman–Crippen MR) is 119 cm³/mol. The fourth-order valence-electron chi connectivity index (χ4n) is 3.11. The van der Waals surface area contributed by atoms with Gasteiger partial charge in [0.2, 0.25) is 0 Å². The van der Waals surface area contributed by atoms with Crippen LogP contribution in [0.2, 0.25) is 5.02 Å². The third kappa shape index (κ3) is 3.90. The van der Waals surface area contributed by atoms with Crippen molar-refractivity contribution in [3.63, 3.8) is 0 Å². The second-order valence-electron chi connectivity index (χ2n) is 6.59. The summed E-state index contributed by atoms with van der Waals surface area (Å²) < 4.78 is 15.5. The van der Waals surface area contributed by atoms with Crippen LogP contribution in [-0.4, -0.2) is 26.0 Å². The number of benzene rings is 3. The average Bonchev–Trinajstić information content (AvgIpc) is 2.77. The van der Waals surface area contributed by atoms with Crippen LogP contribution in [0.4, 0.5) is 17.1 Å². The molecule has 1 aliphatic rings. The number of phenolic OH excluding ortho intramolecular Hbond substituents is 2. The number of carbonyl (C=O) groups excluding carboxylic acids is 2. The first-order valence-electron chi connectivity index (χ1n) is 9.01. The summed E-state index contributed by atoms with van der Waals surface area (Å²) in [6.45, 7) is 0. The Kier molecular flexibility index (Phi) is 5.50. The number of hydrogen-bond donors (Lipinski definition) is 4. The number of ketones is 2. The second-order valence-corrected chi connectivity index (χ2v) is 8.18. The van der Waals surface area contributed by atoms with Gasteiger partial charge in [0, 0.05) is 11.4 Å². The largest absolute Gasteiger partial charge is 0.505 e. The molecule has 3 aromatic carbocycles. The van der Waals surface area contributed by atoms with E-state index in [2.05, 4.69) is 10.0 Å². The highest BCUT2D eigenvalue weighted by atomic mass is 35.5. The summed E-state index contributed by atoms with van der Waals surface area (Å²) in [5, 5.41) is 23.5. The molecule has 1 aliphatic carbocycles. The van der Waals surface area contributed by atoms with Crippen molar-refractivity contribution in [2.75, 3.05) is 10.0 Å². The van der Waals surface area contributed by atoms with E-state index in [0.717, 1.165) is 12.2 Å². The van der Waals surface area contributed by atoms with Gasteiger partial charge in [-0.15, -0.1) is 0 Å². The van der Waals surface area contributed by atoms with Crippen molar-refractivity contribution >= 4 is 51.2 Å². The van der Waals surface area contributed by atoms with Crippen LogP contribution in [0.1, 0.15) is 20.7 Å². The molecule has 0 radical (unpaired) electrons. The van der Waals surface area contributed by atoms with Gasteiger partial charge in [0.25, 0.3) is 0 Å². The summed E-state index contributed by atoms with van der Waals surface area (Å²) in [6, 6.07) is 15.5. The summed E-state index contributed by atoms with van der Waals surface area (Å²) >= 11 is 6.18. The van der Waals surface area contributed by atoms with E-state index in [9.17, 15) is 24.0 Å². The van der Waals surface area contributed by atoms with Gasteiger partial charge in [-0.2, -0.15) is 0 Å². The van der Waals surface area contributed by atoms with E-state index in [1.54, 1.807) is 36.4 Å². The van der Waals surface area contributed by atoms with Crippen LogP contribution in [0.3, 0.4) is 0 Å². The van der Waals surface area contributed by atoms with E-state index in [1.807, 2.05) is 18.2 Å². The summed E-state index contributed by atoms with van der Waals surface area (Å²) in [6.07, 6.45) is 2.02. The number of anilines is 3. The van der Waals surface area contributed by atoms with Crippen molar-refractivity contribution in [1.29, 1.82) is 0 Å². The summed E-state index contributed by atoms with van der Waals surface area (Å²) in [7, 11) is -1.57. The average molecular weight is 455 g/mol. The lowest BCUT2D eigenvalue weighted by Gasteiger charge is -2.19. The molecule has 1 atom stereocenters. The van der Waals surface area contributed by atoms with Gasteiger partial charge < -0.3 is 20.3 Å². The number of aromatic hydroxyl groups is 2. The number of phenols is 2. The van der Waals surface area contributed by atoms with Crippen molar-refractivity contribution < 1.29 is 24.0 Å². The minimum Gasteiger partial charge on any atom is -0.505 e. The Morgan fingerprint density at radius 1 is 0.806 bits per heavy atom. The Labute approximate surface area is 184 Å². The fraction of sp³-hybridized carbons (Fsp3) is 0. The van der Waals surface area contributed by atoms with Crippen LogP contribution in [0, 0.1) is 0 Å². The lowest BCUT2D eigenvalue weighted by Crippen LogP contribution is -2.13. The third-order valence-corrected chi connectivity index (χ3v) is 6.04. The van der Waals surface area contributed by atoms with Gasteiger partial charge in [0.1, 0.15) is 27.4 Å². The zero-order valence-corrected chi connectivity index (χ0v) is 17.3. The number of nitrogens with one attached hydrogen (secondary N) is 2. The molecule has 0 fully saturated rings. The lowest BCUT2D eigenvalue weighted by molar-refractivity contribution is 0.0989. The SMILES string of the molecule is O=C1C=CC(=O)c2c(O)c(Nc3cccc(S(=O)Nc4ccccc4)c3)c(Cl)c(O)c21. The Morgan fingerprint density at radius 2 is 1.42 bits per heavy atom. The number of rotatable bonds is 5. The number of para-hydroxylation sites is 1. The van der Waals surface area contributed by atoms with Gasteiger partial charge in [0.05, 0.1) is 16.0 Å². The molecule has 9 heteroatoms. The minimum atomic E-state index is -1.57. The first-order chi connectivity index (χ1) is 14.9. The maximum absolute atomic E-state index is 12.6. The molecule has 0 spiro atoms. The second kappa shape index (κ2) is 8.25. The van der Waals surface area contributed by atoms with Crippen LogP contribution in [-0.2, 0) is 11.0 Å². The molecule has 4 rings (SSSR count). The number of carbonyl (C=O) groups is 2. The molecule has 3 aromatic rings. The molecule has 0 bridgehead atoms. The highest BCUT2D eigenvalue weighted by Crippen LogP contribution is 2.47. The number of allylic oxidation sites excluding steroid dienone is 2. The predicted octanol–water partition coefficient (Wildman–Crippen LogP) is 4.56. The molecule has 0 saturated heterocycles. The van der Waals surface area contributed by atoms with Gasteiger partial charge in [0.15, 0.2) is 17.3 Å². The topological polar surface area (TPSA) is 116 Å². The summed E-state index contributed by atoms with van der Waals surface area (Å²) in [5.41, 5.74) is 0.247. The first-order valence-corrected chi connectivity index (χ1v) is 10.5. The molecule has 156 valence electrons. The highest BCUT2D eigenvalue weighted by Gasteiger charge is 2.31. The Balaban J connectivity index is 1.68. The summed E-state index contributed by atoms with van der Waals surface area (Å²) in [5.74, 6) is -2.44. The monoisotopic (exact) mass is 454 g/mol. The smallest absolute Gasteiger partial charge is 0.190 e. The minimum absolute atomic E-state index is 0.145. The highest BCUT2D eigenvalue weighted by molar-refractivity contribution is 7.86. The molecule has 7 nitrogen and oxygen atoms in total. The zero-order chi connectivity index (χ0) is 22.1. The lowest BCUT2D eigenvalue weighted by atomic mass is 9.92. The molecular weight excluding hydrogens is 440 g/mol. The molecule has 0 amide bonds. The van der Waals surface area contributed by atoms with E-state index in [0.29, 0.717) is 16.3 Å². The Morgan fingerprint density at radius 3 is 2.10 bits per heavy atom. The molecule has 31 heavy (non-hydrogen) atoms. The van der Waals surface area contributed by atoms with Gasteiger partial charge >= 0.3 is 0 Å².